The first-order valence-corrected chi connectivity index (χ1v) is 27.4. The molecule has 0 unspecified atom stereocenters. The average Bonchev–Trinajstić information content (AvgIpc) is 3.24. The van der Waals surface area contributed by atoms with Gasteiger partial charge in [-0.1, -0.05) is 272 Å². The molecule has 0 fully saturated rings. The third-order valence-corrected chi connectivity index (χ3v) is 12.5. The molecule has 0 rings (SSSR count). The van der Waals surface area contributed by atoms with Crippen LogP contribution >= 0.6 is 0 Å². The van der Waals surface area contributed by atoms with E-state index in [1.807, 2.05) is 0 Å². The highest BCUT2D eigenvalue weighted by molar-refractivity contribution is 5.71. The van der Waals surface area contributed by atoms with Gasteiger partial charge in [-0.2, -0.15) is 0 Å². The minimum atomic E-state index is -0.760. The van der Waals surface area contributed by atoms with Crippen LogP contribution in [0.1, 0.15) is 310 Å². The van der Waals surface area contributed by atoms with Crippen molar-refractivity contribution < 1.29 is 28.6 Å². The molecule has 0 heterocycles. The number of carbonyl (C=O) groups is 3. The zero-order chi connectivity index (χ0) is 44.5. The second-order valence-corrected chi connectivity index (χ2v) is 19.3. The number of esters is 3. The van der Waals surface area contributed by atoms with Crippen molar-refractivity contribution in [2.75, 3.05) is 13.2 Å². The fraction of sp³-hybridized carbons (Fsp3) is 0.945. The van der Waals surface area contributed by atoms with Gasteiger partial charge in [-0.05, 0) is 25.2 Å². The number of hydrogen-bond acceptors (Lipinski definition) is 6. The molecule has 0 aliphatic carbocycles. The molecular weight excluding hydrogens is 757 g/mol. The standard InChI is InChI=1S/C55H106O6/c1-5-7-9-11-13-15-17-18-19-20-25-28-32-36-40-44-48-55(58)61-52(49-59-53(56)46-42-38-34-30-16-14-12-10-8-6-2)50-60-54(57)47-43-39-35-31-27-24-22-21-23-26-29-33-37-41-45-51(3)4/h51-52H,5-50H2,1-4H3/t52-/m1/s1. The van der Waals surface area contributed by atoms with Gasteiger partial charge in [-0.25, -0.2) is 0 Å². The Morgan fingerprint density at radius 1 is 0.311 bits per heavy atom. The first-order valence-electron chi connectivity index (χ1n) is 27.4. The SMILES string of the molecule is CCCCCCCCCCCCCCCCCCC(=O)O[C@H](COC(=O)CCCCCCCCCCCC)COC(=O)CCCCCCCCCCCCCCCCC(C)C. The fourth-order valence-corrected chi connectivity index (χ4v) is 8.39. The third kappa shape index (κ3) is 49.3. The van der Waals surface area contributed by atoms with Gasteiger partial charge in [0.1, 0.15) is 13.2 Å². The van der Waals surface area contributed by atoms with E-state index in [4.69, 9.17) is 14.2 Å². The number of carbonyl (C=O) groups excluding carboxylic acids is 3. The average molecular weight is 863 g/mol. The normalized spacial score (nSPS) is 12.0. The van der Waals surface area contributed by atoms with Crippen LogP contribution in [0.3, 0.4) is 0 Å². The van der Waals surface area contributed by atoms with Crippen LogP contribution in [0.5, 0.6) is 0 Å². The van der Waals surface area contributed by atoms with Gasteiger partial charge in [0, 0.05) is 19.3 Å². The second-order valence-electron chi connectivity index (χ2n) is 19.3. The Kier molecular flexibility index (Phi) is 48.1. The Bertz CT molecular complexity index is 918. The minimum Gasteiger partial charge on any atom is -0.462 e. The Hall–Kier alpha value is -1.59. The van der Waals surface area contributed by atoms with Crippen molar-refractivity contribution in [3.8, 4) is 0 Å². The van der Waals surface area contributed by atoms with Crippen molar-refractivity contribution in [1.29, 1.82) is 0 Å². The van der Waals surface area contributed by atoms with Gasteiger partial charge in [0.2, 0.25) is 0 Å². The van der Waals surface area contributed by atoms with Gasteiger partial charge in [-0.3, -0.25) is 14.4 Å². The monoisotopic (exact) mass is 863 g/mol. The first kappa shape index (κ1) is 59.4. The summed E-state index contributed by atoms with van der Waals surface area (Å²) in [6.45, 7) is 9.04. The molecule has 0 spiro atoms. The second kappa shape index (κ2) is 49.4. The summed E-state index contributed by atoms with van der Waals surface area (Å²) in [5.74, 6) is 0.00385. The smallest absolute Gasteiger partial charge is 0.306 e. The largest absolute Gasteiger partial charge is 0.462 e. The number of rotatable bonds is 50. The topological polar surface area (TPSA) is 78.9 Å². The van der Waals surface area contributed by atoms with Gasteiger partial charge < -0.3 is 14.2 Å². The van der Waals surface area contributed by atoms with E-state index >= 15 is 0 Å². The molecule has 6 heteroatoms. The Labute approximate surface area is 380 Å². The molecule has 61 heavy (non-hydrogen) atoms. The van der Waals surface area contributed by atoms with E-state index in [0.717, 1.165) is 63.7 Å². The predicted molar refractivity (Wildman–Crippen MR) is 261 cm³/mol. The van der Waals surface area contributed by atoms with Gasteiger partial charge >= 0.3 is 17.9 Å². The molecule has 1 atom stereocenters. The zero-order valence-electron chi connectivity index (χ0n) is 41.6. The summed E-state index contributed by atoms with van der Waals surface area (Å²) in [7, 11) is 0. The molecule has 0 amide bonds. The Balaban J connectivity index is 4.26. The summed E-state index contributed by atoms with van der Waals surface area (Å²) < 4.78 is 16.8. The number of ether oxygens (including phenoxy) is 3. The maximum absolute atomic E-state index is 12.8. The van der Waals surface area contributed by atoms with E-state index < -0.39 is 6.10 Å². The van der Waals surface area contributed by atoms with E-state index in [1.165, 1.54) is 205 Å². The van der Waals surface area contributed by atoms with Gasteiger partial charge in [0.05, 0.1) is 0 Å². The third-order valence-electron chi connectivity index (χ3n) is 12.5. The highest BCUT2D eigenvalue weighted by Gasteiger charge is 2.19. The highest BCUT2D eigenvalue weighted by atomic mass is 16.6. The van der Waals surface area contributed by atoms with Crippen LogP contribution in [0.15, 0.2) is 0 Å². The lowest BCUT2D eigenvalue weighted by molar-refractivity contribution is -0.167. The van der Waals surface area contributed by atoms with Crippen LogP contribution in [0.25, 0.3) is 0 Å². The molecule has 0 aliphatic rings. The van der Waals surface area contributed by atoms with Crippen molar-refractivity contribution in [3.05, 3.63) is 0 Å². The van der Waals surface area contributed by atoms with Crippen molar-refractivity contribution >= 4 is 17.9 Å². The van der Waals surface area contributed by atoms with Crippen molar-refractivity contribution in [2.24, 2.45) is 5.92 Å². The van der Waals surface area contributed by atoms with E-state index in [0.29, 0.717) is 19.3 Å². The quantitative estimate of drug-likeness (QED) is 0.0344. The number of unbranched alkanes of at least 4 members (excludes halogenated alkanes) is 37. The maximum Gasteiger partial charge on any atom is 0.306 e. The lowest BCUT2D eigenvalue weighted by atomic mass is 10.0. The van der Waals surface area contributed by atoms with Gasteiger partial charge in [0.25, 0.3) is 0 Å². The van der Waals surface area contributed by atoms with Crippen LogP contribution in [-0.2, 0) is 28.6 Å². The predicted octanol–water partition coefficient (Wildman–Crippen LogP) is 17.8. The van der Waals surface area contributed by atoms with Gasteiger partial charge in [-0.15, -0.1) is 0 Å². The summed E-state index contributed by atoms with van der Waals surface area (Å²) in [6.07, 6.45) is 52.3. The van der Waals surface area contributed by atoms with Crippen molar-refractivity contribution in [1.82, 2.24) is 0 Å². The number of hydrogen-bond donors (Lipinski definition) is 0. The lowest BCUT2D eigenvalue weighted by Crippen LogP contribution is -2.30. The molecule has 0 radical (unpaired) electrons. The first-order chi connectivity index (χ1) is 29.9. The molecule has 0 aromatic carbocycles. The molecular formula is C55H106O6. The minimum absolute atomic E-state index is 0.0623. The molecule has 0 saturated heterocycles. The molecule has 362 valence electrons. The Morgan fingerprint density at radius 3 is 0.803 bits per heavy atom. The summed E-state index contributed by atoms with van der Waals surface area (Å²) in [5, 5.41) is 0. The fourth-order valence-electron chi connectivity index (χ4n) is 8.39. The molecule has 0 aromatic heterocycles. The Morgan fingerprint density at radius 2 is 0.541 bits per heavy atom. The molecule has 0 saturated carbocycles. The molecule has 0 aromatic rings. The van der Waals surface area contributed by atoms with Crippen LogP contribution in [0.2, 0.25) is 0 Å². The lowest BCUT2D eigenvalue weighted by Gasteiger charge is -2.18. The molecule has 0 aliphatic heterocycles. The van der Waals surface area contributed by atoms with Crippen LogP contribution in [-0.4, -0.2) is 37.2 Å². The van der Waals surface area contributed by atoms with E-state index in [-0.39, 0.29) is 31.1 Å². The van der Waals surface area contributed by atoms with E-state index in [2.05, 4.69) is 27.7 Å². The van der Waals surface area contributed by atoms with E-state index in [9.17, 15) is 14.4 Å². The molecule has 0 bridgehead atoms. The van der Waals surface area contributed by atoms with Crippen LogP contribution < -0.4 is 0 Å². The summed E-state index contributed by atoms with van der Waals surface area (Å²) in [6, 6.07) is 0. The summed E-state index contributed by atoms with van der Waals surface area (Å²) in [5.41, 5.74) is 0. The van der Waals surface area contributed by atoms with E-state index in [1.54, 1.807) is 0 Å². The molecule has 0 N–H and O–H groups in total. The zero-order valence-corrected chi connectivity index (χ0v) is 41.6. The summed E-state index contributed by atoms with van der Waals surface area (Å²) >= 11 is 0. The molecule has 6 nitrogen and oxygen atoms in total. The summed E-state index contributed by atoms with van der Waals surface area (Å²) in [4.78, 5) is 38.0. The van der Waals surface area contributed by atoms with Gasteiger partial charge in [0.15, 0.2) is 6.10 Å². The van der Waals surface area contributed by atoms with Crippen molar-refractivity contribution in [2.45, 2.75) is 316 Å². The highest BCUT2D eigenvalue weighted by Crippen LogP contribution is 2.17. The van der Waals surface area contributed by atoms with Crippen molar-refractivity contribution in [3.63, 3.8) is 0 Å². The van der Waals surface area contributed by atoms with Crippen LogP contribution in [0.4, 0.5) is 0 Å². The maximum atomic E-state index is 12.8. The van der Waals surface area contributed by atoms with Crippen LogP contribution in [0, 0.1) is 5.92 Å².